The molecule has 0 aromatic heterocycles. The number of carbonyl (C=O) groups excluding carboxylic acids is 3. The summed E-state index contributed by atoms with van der Waals surface area (Å²) in [4.78, 5) is 53.6. The van der Waals surface area contributed by atoms with Crippen LogP contribution in [-0.2, 0) is 37.8 Å². The number of nitro benzene ring substituents is 1. The number of aliphatic hydroxyl groups is 6. The van der Waals surface area contributed by atoms with Gasteiger partial charge >= 0.3 is 0 Å². The van der Waals surface area contributed by atoms with Crippen molar-refractivity contribution in [2.45, 2.75) is 62.7 Å². The summed E-state index contributed by atoms with van der Waals surface area (Å²) >= 11 is 0. The third-order valence-electron chi connectivity index (χ3n) is 9.19. The number of hydrogen-bond donors (Lipinski definition) is 7. The molecule has 16 nitrogen and oxygen atoms in total. The molecule has 7 atom stereocenters. The Morgan fingerprint density at radius 3 is 2.37 bits per heavy atom. The molecule has 2 heterocycles. The van der Waals surface area contributed by atoms with Gasteiger partial charge in [-0.1, -0.05) is 61.5 Å². The average molecular weight is 721 g/mol. The average Bonchev–Trinajstić information content (AvgIpc) is 3.35. The molecule has 0 unspecified atom stereocenters. The number of rotatable bonds is 13. The molecule has 1 saturated heterocycles. The van der Waals surface area contributed by atoms with Gasteiger partial charge in [0.15, 0.2) is 18.0 Å². The lowest BCUT2D eigenvalue weighted by atomic mass is 9.82. The molecule has 0 aliphatic carbocycles. The summed E-state index contributed by atoms with van der Waals surface area (Å²) in [6.45, 7) is 1.63. The molecular weight excluding hydrogens is 680 g/mol. The summed E-state index contributed by atoms with van der Waals surface area (Å²) in [6, 6.07) is 19.1. The van der Waals surface area contributed by atoms with Crippen LogP contribution in [0, 0.1) is 16.0 Å². The van der Waals surface area contributed by atoms with Crippen molar-refractivity contribution in [3.8, 4) is 0 Å². The second kappa shape index (κ2) is 16.1. The topological polar surface area (TPSA) is 243 Å². The highest BCUT2D eigenvalue weighted by Crippen LogP contribution is 2.47. The number of nitrogens with one attached hydrogen (secondary N) is 1. The molecule has 52 heavy (non-hydrogen) atoms. The Labute approximate surface area is 297 Å². The molecule has 3 aromatic rings. The van der Waals surface area contributed by atoms with Crippen molar-refractivity contribution in [3.05, 3.63) is 112 Å². The molecular formula is C36H40N4O12. The van der Waals surface area contributed by atoms with E-state index < -0.39 is 59.0 Å². The highest BCUT2D eigenvalue weighted by atomic mass is 16.6. The van der Waals surface area contributed by atoms with Crippen LogP contribution in [0.25, 0.3) is 0 Å². The highest BCUT2D eigenvalue weighted by Gasteiger charge is 2.53. The zero-order valence-electron chi connectivity index (χ0n) is 28.1. The van der Waals surface area contributed by atoms with Gasteiger partial charge < -0.3 is 50.5 Å². The molecule has 5 rings (SSSR count). The van der Waals surface area contributed by atoms with Gasteiger partial charge in [-0.3, -0.25) is 24.5 Å². The standard InChI is InChI=1S/C36H40N4O12/c1-21(6-5-9-28(42)38(16-17-41)19-22-7-3-2-4-8-22)36(49)26-18-25(40(50)51)14-15-27(26)39(35(36)48)20-23-10-12-24(13-11-23)37-33(46)32-30(44)29(43)31(45)34(47)52-32/h2-8,10-15,18,21,29-32,34,41,43-45,47,49H,9,16-17,19-20H2,1H3,(H,37,46)/b6-5+/t21-,29-,30-,31+,32-,34+,36+/m0/s1. The van der Waals surface area contributed by atoms with E-state index in [1.54, 1.807) is 19.1 Å². The maximum absolute atomic E-state index is 14.0. The molecule has 16 heteroatoms. The van der Waals surface area contributed by atoms with Crippen LogP contribution >= 0.6 is 0 Å². The third-order valence-corrected chi connectivity index (χ3v) is 9.19. The Morgan fingerprint density at radius 2 is 1.71 bits per heavy atom. The quantitative estimate of drug-likeness (QED) is 0.0732. The van der Waals surface area contributed by atoms with Crippen molar-refractivity contribution in [1.82, 2.24) is 4.90 Å². The molecule has 0 saturated carbocycles. The molecule has 2 aliphatic rings. The molecule has 3 aromatic carbocycles. The first kappa shape index (κ1) is 38.2. The Balaban J connectivity index is 1.31. The predicted molar refractivity (Wildman–Crippen MR) is 184 cm³/mol. The van der Waals surface area contributed by atoms with Crippen LogP contribution in [0.2, 0.25) is 0 Å². The predicted octanol–water partition coefficient (Wildman–Crippen LogP) is 0.671. The number of anilines is 2. The van der Waals surface area contributed by atoms with Crippen molar-refractivity contribution < 1.29 is 54.7 Å². The van der Waals surface area contributed by atoms with Gasteiger partial charge in [0.1, 0.15) is 18.3 Å². The van der Waals surface area contributed by atoms with Crippen molar-refractivity contribution in [2.24, 2.45) is 5.92 Å². The lowest BCUT2D eigenvalue weighted by molar-refractivity contribution is -0.385. The van der Waals surface area contributed by atoms with Gasteiger partial charge in [-0.05, 0) is 29.3 Å². The van der Waals surface area contributed by atoms with Gasteiger partial charge in [-0.15, -0.1) is 0 Å². The molecule has 2 aliphatic heterocycles. The molecule has 0 bridgehead atoms. The Bertz CT molecular complexity index is 1810. The molecule has 3 amide bonds. The minimum absolute atomic E-state index is 0.0191. The first-order chi connectivity index (χ1) is 24.8. The molecule has 276 valence electrons. The Kier molecular flexibility index (Phi) is 11.8. The largest absolute Gasteiger partial charge is 0.395 e. The lowest BCUT2D eigenvalue weighted by Gasteiger charge is -2.37. The van der Waals surface area contributed by atoms with E-state index in [1.165, 1.54) is 46.2 Å². The zero-order chi connectivity index (χ0) is 37.7. The number of nitro groups is 1. The first-order valence-corrected chi connectivity index (χ1v) is 16.5. The number of nitrogens with zero attached hydrogens (tertiary/aromatic N) is 3. The highest BCUT2D eigenvalue weighted by molar-refractivity contribution is 6.07. The van der Waals surface area contributed by atoms with Crippen LogP contribution in [0.15, 0.2) is 84.9 Å². The number of fused-ring (bicyclic) bond motifs is 1. The van der Waals surface area contributed by atoms with Crippen LogP contribution in [0.5, 0.6) is 0 Å². The Morgan fingerprint density at radius 1 is 1.02 bits per heavy atom. The van der Waals surface area contributed by atoms with E-state index in [0.717, 1.165) is 11.6 Å². The fourth-order valence-electron chi connectivity index (χ4n) is 6.23. The lowest BCUT2D eigenvalue weighted by Crippen LogP contribution is -2.60. The number of aliphatic hydroxyl groups excluding tert-OH is 5. The molecule has 7 N–H and O–H groups in total. The van der Waals surface area contributed by atoms with E-state index in [-0.39, 0.29) is 61.2 Å². The van der Waals surface area contributed by atoms with E-state index in [0.29, 0.717) is 5.56 Å². The monoisotopic (exact) mass is 720 g/mol. The van der Waals surface area contributed by atoms with Crippen LogP contribution < -0.4 is 10.2 Å². The second-order valence-electron chi connectivity index (χ2n) is 12.7. The van der Waals surface area contributed by atoms with Gasteiger partial charge in [-0.2, -0.15) is 0 Å². The maximum Gasteiger partial charge on any atom is 0.269 e. The zero-order valence-corrected chi connectivity index (χ0v) is 28.1. The summed E-state index contributed by atoms with van der Waals surface area (Å²) in [5.74, 6) is -2.88. The van der Waals surface area contributed by atoms with Crippen LogP contribution in [0.1, 0.15) is 30.0 Å². The van der Waals surface area contributed by atoms with Crippen molar-refractivity contribution in [1.29, 1.82) is 0 Å². The van der Waals surface area contributed by atoms with Crippen molar-refractivity contribution in [3.63, 3.8) is 0 Å². The fraction of sp³-hybridized carbons (Fsp3) is 0.361. The Hall–Kier alpha value is -5.07. The van der Waals surface area contributed by atoms with Gasteiger partial charge in [-0.25, -0.2) is 0 Å². The minimum Gasteiger partial charge on any atom is -0.395 e. The second-order valence-corrected chi connectivity index (χ2v) is 12.7. The number of hydrogen-bond acceptors (Lipinski definition) is 12. The summed E-state index contributed by atoms with van der Waals surface area (Å²) in [5.41, 5.74) is -0.652. The fourth-order valence-corrected chi connectivity index (χ4v) is 6.23. The van der Waals surface area contributed by atoms with Gasteiger partial charge in [0.25, 0.3) is 17.5 Å². The van der Waals surface area contributed by atoms with Crippen LogP contribution in [0.3, 0.4) is 0 Å². The summed E-state index contributed by atoms with van der Waals surface area (Å²) < 4.78 is 4.95. The normalized spacial score (nSPS) is 24.8. The summed E-state index contributed by atoms with van der Waals surface area (Å²) in [6.07, 6.45) is -6.09. The smallest absolute Gasteiger partial charge is 0.269 e. The van der Waals surface area contributed by atoms with Crippen molar-refractivity contribution in [2.75, 3.05) is 23.4 Å². The summed E-state index contributed by atoms with van der Waals surface area (Å²) in [7, 11) is 0. The number of carbonyl (C=O) groups is 3. The first-order valence-electron chi connectivity index (χ1n) is 16.5. The van der Waals surface area contributed by atoms with Crippen LogP contribution in [0.4, 0.5) is 17.1 Å². The molecule has 0 radical (unpaired) electrons. The van der Waals surface area contributed by atoms with Crippen molar-refractivity contribution >= 4 is 34.8 Å². The number of non-ortho nitro benzene ring substituents is 1. The number of ether oxygens (including phenoxy) is 1. The number of benzene rings is 3. The maximum atomic E-state index is 14.0. The third kappa shape index (κ3) is 7.88. The molecule has 0 spiro atoms. The summed E-state index contributed by atoms with van der Waals surface area (Å²) in [5, 5.41) is 75.1. The number of amides is 3. The molecule has 1 fully saturated rings. The van der Waals surface area contributed by atoms with Gasteiger partial charge in [0.05, 0.1) is 23.8 Å². The van der Waals surface area contributed by atoms with E-state index in [1.807, 2.05) is 30.3 Å². The van der Waals surface area contributed by atoms with E-state index in [2.05, 4.69) is 5.32 Å². The van der Waals surface area contributed by atoms with Crippen LogP contribution in [-0.4, -0.2) is 102 Å². The minimum atomic E-state index is -2.23. The van der Waals surface area contributed by atoms with Gasteiger partial charge in [0, 0.05) is 48.8 Å². The van der Waals surface area contributed by atoms with E-state index in [9.17, 15) is 55.1 Å². The van der Waals surface area contributed by atoms with E-state index in [4.69, 9.17) is 4.74 Å². The SMILES string of the molecule is C[C@@H](/C=C/CC(=O)N(CCO)Cc1ccccc1)[C@]1(O)C(=O)N(Cc2ccc(NC(=O)[C@H]3O[C@@H](O)[C@H](O)[C@@H](O)[C@@H]3O)cc2)c2ccc([N+](=O)[O-])cc21. The van der Waals surface area contributed by atoms with Gasteiger partial charge in [0.2, 0.25) is 5.91 Å². The van der Waals surface area contributed by atoms with E-state index >= 15 is 0 Å².